The molecule has 136 valence electrons. The van der Waals surface area contributed by atoms with Crippen molar-refractivity contribution in [3.63, 3.8) is 0 Å². The van der Waals surface area contributed by atoms with Crippen LogP contribution in [0.25, 0.3) is 0 Å². The second-order valence-electron chi connectivity index (χ2n) is 6.68. The molecular formula is C19H25NO3S2. The van der Waals surface area contributed by atoms with E-state index in [1.54, 1.807) is 10.6 Å². The lowest BCUT2D eigenvalue weighted by Crippen LogP contribution is -2.39. The standard InChI is InChI=1S/C19H25NO3S2/c1-16-4-2-5-18(12-16)15-25(21,22)20-9-7-17(8-10-20)13-24-14-19-6-3-11-23-19/h2-6,11-12,17H,7-10,13-15H2,1H3. The highest BCUT2D eigenvalue weighted by Gasteiger charge is 2.28. The van der Waals surface area contributed by atoms with Gasteiger partial charge in [0.25, 0.3) is 0 Å². The Morgan fingerprint density at radius 2 is 2.00 bits per heavy atom. The first-order valence-corrected chi connectivity index (χ1v) is 11.4. The number of sulfonamides is 1. The Bertz CT molecular complexity index is 764. The van der Waals surface area contributed by atoms with Gasteiger partial charge in [-0.05, 0) is 49.1 Å². The number of furan rings is 1. The van der Waals surface area contributed by atoms with Gasteiger partial charge in [-0.1, -0.05) is 29.8 Å². The fraction of sp³-hybridized carbons (Fsp3) is 0.474. The molecule has 0 saturated carbocycles. The second-order valence-corrected chi connectivity index (χ2v) is 9.68. The van der Waals surface area contributed by atoms with Crippen LogP contribution in [0.3, 0.4) is 0 Å². The number of benzene rings is 1. The summed E-state index contributed by atoms with van der Waals surface area (Å²) in [6.07, 6.45) is 3.59. The van der Waals surface area contributed by atoms with Crippen LogP contribution >= 0.6 is 11.8 Å². The van der Waals surface area contributed by atoms with E-state index >= 15 is 0 Å². The molecule has 3 rings (SSSR count). The zero-order valence-electron chi connectivity index (χ0n) is 14.6. The van der Waals surface area contributed by atoms with Crippen molar-refractivity contribution in [2.75, 3.05) is 18.8 Å². The Morgan fingerprint density at radius 1 is 1.20 bits per heavy atom. The van der Waals surface area contributed by atoms with Crippen molar-refractivity contribution < 1.29 is 12.8 Å². The molecule has 2 heterocycles. The average molecular weight is 380 g/mol. The molecule has 1 aliphatic rings. The number of nitrogens with zero attached hydrogens (tertiary/aromatic N) is 1. The van der Waals surface area contributed by atoms with Crippen molar-refractivity contribution >= 4 is 21.8 Å². The molecule has 0 N–H and O–H groups in total. The topological polar surface area (TPSA) is 50.5 Å². The molecule has 1 aromatic heterocycles. The largest absolute Gasteiger partial charge is 0.468 e. The highest BCUT2D eigenvalue weighted by atomic mass is 32.2. The maximum absolute atomic E-state index is 12.7. The molecule has 0 radical (unpaired) electrons. The normalized spacial score (nSPS) is 17.0. The first kappa shape index (κ1) is 18.5. The molecule has 25 heavy (non-hydrogen) atoms. The van der Waals surface area contributed by atoms with Crippen LogP contribution in [-0.2, 0) is 21.5 Å². The van der Waals surface area contributed by atoms with Crippen LogP contribution in [-0.4, -0.2) is 31.6 Å². The van der Waals surface area contributed by atoms with Crippen LogP contribution in [0.1, 0.15) is 29.7 Å². The molecule has 0 atom stereocenters. The number of thioether (sulfide) groups is 1. The van der Waals surface area contributed by atoms with E-state index in [0.717, 1.165) is 41.2 Å². The van der Waals surface area contributed by atoms with Crippen molar-refractivity contribution in [3.8, 4) is 0 Å². The lowest BCUT2D eigenvalue weighted by Gasteiger charge is -2.31. The number of rotatable bonds is 7. The molecule has 0 bridgehead atoms. The summed E-state index contributed by atoms with van der Waals surface area (Å²) in [5.41, 5.74) is 1.97. The Hall–Kier alpha value is -1.24. The maximum atomic E-state index is 12.7. The van der Waals surface area contributed by atoms with Gasteiger partial charge in [0.1, 0.15) is 5.76 Å². The van der Waals surface area contributed by atoms with Gasteiger partial charge in [0.2, 0.25) is 10.0 Å². The van der Waals surface area contributed by atoms with E-state index in [1.807, 2.05) is 55.1 Å². The molecule has 2 aromatic rings. The smallest absolute Gasteiger partial charge is 0.218 e. The van der Waals surface area contributed by atoms with E-state index in [4.69, 9.17) is 4.42 Å². The molecule has 0 aliphatic carbocycles. The minimum atomic E-state index is -3.22. The van der Waals surface area contributed by atoms with E-state index in [2.05, 4.69) is 0 Å². The molecule has 1 fully saturated rings. The van der Waals surface area contributed by atoms with Gasteiger partial charge in [-0.25, -0.2) is 12.7 Å². The van der Waals surface area contributed by atoms with Crippen molar-refractivity contribution in [1.29, 1.82) is 0 Å². The van der Waals surface area contributed by atoms with E-state index in [0.29, 0.717) is 19.0 Å². The summed E-state index contributed by atoms with van der Waals surface area (Å²) < 4.78 is 32.3. The maximum Gasteiger partial charge on any atom is 0.218 e. The summed E-state index contributed by atoms with van der Waals surface area (Å²) in [6, 6.07) is 11.7. The van der Waals surface area contributed by atoms with Crippen LogP contribution in [0.15, 0.2) is 47.1 Å². The molecule has 0 amide bonds. The molecule has 0 spiro atoms. The summed E-state index contributed by atoms with van der Waals surface area (Å²) in [4.78, 5) is 0. The van der Waals surface area contributed by atoms with Gasteiger partial charge in [-0.3, -0.25) is 0 Å². The van der Waals surface area contributed by atoms with Crippen LogP contribution < -0.4 is 0 Å². The van der Waals surface area contributed by atoms with Gasteiger partial charge < -0.3 is 4.42 Å². The van der Waals surface area contributed by atoms with Crippen LogP contribution in [0, 0.1) is 12.8 Å². The number of aryl methyl sites for hydroxylation is 1. The molecule has 4 nitrogen and oxygen atoms in total. The van der Waals surface area contributed by atoms with E-state index in [-0.39, 0.29) is 5.75 Å². The highest BCUT2D eigenvalue weighted by Crippen LogP contribution is 2.26. The predicted molar refractivity (Wildman–Crippen MR) is 103 cm³/mol. The van der Waals surface area contributed by atoms with Gasteiger partial charge in [-0.2, -0.15) is 11.8 Å². The van der Waals surface area contributed by atoms with E-state index in [9.17, 15) is 8.42 Å². The summed E-state index contributed by atoms with van der Waals surface area (Å²) in [5.74, 6) is 3.64. The summed E-state index contributed by atoms with van der Waals surface area (Å²) >= 11 is 1.87. The zero-order chi connectivity index (χ0) is 17.7. The Morgan fingerprint density at radius 3 is 2.68 bits per heavy atom. The quantitative estimate of drug-likeness (QED) is 0.728. The molecule has 0 unspecified atom stereocenters. The molecule has 6 heteroatoms. The summed E-state index contributed by atoms with van der Waals surface area (Å²) in [7, 11) is -3.22. The Balaban J connectivity index is 1.46. The van der Waals surface area contributed by atoms with Crippen molar-refractivity contribution in [3.05, 3.63) is 59.5 Å². The Labute approximate surface area is 154 Å². The lowest BCUT2D eigenvalue weighted by atomic mass is 10.0. The lowest BCUT2D eigenvalue weighted by molar-refractivity contribution is 0.291. The van der Waals surface area contributed by atoms with Crippen molar-refractivity contribution in [1.82, 2.24) is 4.31 Å². The first-order valence-electron chi connectivity index (χ1n) is 8.66. The van der Waals surface area contributed by atoms with Gasteiger partial charge >= 0.3 is 0 Å². The SMILES string of the molecule is Cc1cccc(CS(=O)(=O)N2CCC(CSCc3ccco3)CC2)c1. The zero-order valence-corrected chi connectivity index (χ0v) is 16.2. The Kier molecular flexibility index (Phi) is 6.25. The fourth-order valence-corrected chi connectivity index (χ4v) is 5.88. The summed E-state index contributed by atoms with van der Waals surface area (Å²) in [5, 5.41) is 0. The predicted octanol–water partition coefficient (Wildman–Crippen LogP) is 4.06. The van der Waals surface area contributed by atoms with Gasteiger partial charge in [0.15, 0.2) is 0 Å². The number of hydrogen-bond donors (Lipinski definition) is 0. The van der Waals surface area contributed by atoms with Crippen LogP contribution in [0.2, 0.25) is 0 Å². The third-order valence-corrected chi connectivity index (χ3v) is 7.62. The van der Waals surface area contributed by atoms with Crippen LogP contribution in [0.5, 0.6) is 0 Å². The minimum absolute atomic E-state index is 0.104. The van der Waals surface area contributed by atoms with Gasteiger partial charge in [0.05, 0.1) is 17.8 Å². The second kappa shape index (κ2) is 8.43. The van der Waals surface area contributed by atoms with E-state index < -0.39 is 10.0 Å². The fourth-order valence-electron chi connectivity index (χ4n) is 3.18. The molecule has 1 aliphatic heterocycles. The van der Waals surface area contributed by atoms with Crippen LogP contribution in [0.4, 0.5) is 0 Å². The minimum Gasteiger partial charge on any atom is -0.468 e. The molecule has 1 saturated heterocycles. The van der Waals surface area contributed by atoms with Gasteiger partial charge in [-0.15, -0.1) is 0 Å². The third-order valence-electron chi connectivity index (χ3n) is 4.58. The monoisotopic (exact) mass is 379 g/mol. The molecule has 1 aromatic carbocycles. The first-order chi connectivity index (χ1) is 12.0. The third kappa shape index (κ3) is 5.36. The number of piperidine rings is 1. The van der Waals surface area contributed by atoms with Gasteiger partial charge in [0, 0.05) is 13.1 Å². The molecular weight excluding hydrogens is 354 g/mol. The number of hydrogen-bond acceptors (Lipinski definition) is 4. The average Bonchev–Trinajstić information content (AvgIpc) is 3.08. The van der Waals surface area contributed by atoms with Crippen molar-refractivity contribution in [2.45, 2.75) is 31.3 Å². The highest BCUT2D eigenvalue weighted by molar-refractivity contribution is 7.98. The van der Waals surface area contributed by atoms with Crippen molar-refractivity contribution in [2.24, 2.45) is 5.92 Å². The van der Waals surface area contributed by atoms with E-state index in [1.165, 1.54) is 0 Å². The summed E-state index contributed by atoms with van der Waals surface area (Å²) in [6.45, 7) is 3.27.